The fourth-order valence-corrected chi connectivity index (χ4v) is 2.61. The molecule has 3 rings (SSSR count). The third kappa shape index (κ3) is 4.09. The van der Waals surface area contributed by atoms with E-state index < -0.39 is 5.91 Å². The molecular formula is C18H11Cl2N5O. The maximum Gasteiger partial charge on any atom is 0.274 e. The Morgan fingerprint density at radius 3 is 2.62 bits per heavy atom. The highest BCUT2D eigenvalue weighted by atomic mass is 35.5. The van der Waals surface area contributed by atoms with Crippen molar-refractivity contribution in [3.05, 3.63) is 76.2 Å². The third-order valence-electron chi connectivity index (χ3n) is 3.39. The number of amides is 1. The number of carbonyl (C=O) groups is 1. The smallest absolute Gasteiger partial charge is 0.274 e. The molecule has 26 heavy (non-hydrogen) atoms. The van der Waals surface area contributed by atoms with Crippen molar-refractivity contribution in [1.29, 1.82) is 5.26 Å². The van der Waals surface area contributed by atoms with Crippen LogP contribution in [0.2, 0.25) is 10.0 Å². The van der Waals surface area contributed by atoms with Crippen molar-refractivity contribution in [1.82, 2.24) is 9.97 Å². The molecule has 2 N–H and O–H groups in total. The fraction of sp³-hybridized carbons (Fsp3) is 0. The minimum Gasteiger partial charge on any atom is -0.339 e. The molecule has 0 unspecified atom stereocenters. The number of hydrogen-bond acceptors (Lipinski definition) is 5. The Kier molecular flexibility index (Phi) is 5.32. The summed E-state index contributed by atoms with van der Waals surface area (Å²) in [5.41, 5.74) is 1.51. The molecule has 0 saturated heterocycles. The molecule has 3 aromatic rings. The molecule has 0 radical (unpaired) electrons. The average molecular weight is 384 g/mol. The Morgan fingerprint density at radius 1 is 1.04 bits per heavy atom. The van der Waals surface area contributed by atoms with Gasteiger partial charge in [-0.3, -0.25) is 4.79 Å². The molecule has 1 heterocycles. The molecule has 0 fully saturated rings. The van der Waals surface area contributed by atoms with E-state index in [9.17, 15) is 4.79 Å². The molecule has 0 saturated carbocycles. The van der Waals surface area contributed by atoms with Gasteiger partial charge in [0.15, 0.2) is 0 Å². The Bertz CT molecular complexity index is 1020. The second-order valence-corrected chi connectivity index (χ2v) is 5.99. The van der Waals surface area contributed by atoms with Crippen molar-refractivity contribution in [3.63, 3.8) is 0 Å². The van der Waals surface area contributed by atoms with Crippen LogP contribution in [0.1, 0.15) is 16.1 Å². The number of para-hydroxylation sites is 1. The number of rotatable bonds is 4. The molecule has 1 amide bonds. The molecule has 2 aromatic carbocycles. The standard InChI is InChI=1S/C18H11Cl2N5O/c19-12-5-6-15(13(20)7-12)24-17-8-16(22-10-23-17)18(26)25-14-4-2-1-3-11(14)9-21/h1-8,10H,(H,25,26)(H,22,23,24). The summed E-state index contributed by atoms with van der Waals surface area (Å²) in [5, 5.41) is 15.7. The van der Waals surface area contributed by atoms with E-state index in [-0.39, 0.29) is 5.69 Å². The first-order chi connectivity index (χ1) is 12.6. The SMILES string of the molecule is N#Cc1ccccc1NC(=O)c1cc(Nc2ccc(Cl)cc2Cl)ncn1. The molecule has 0 atom stereocenters. The van der Waals surface area contributed by atoms with Gasteiger partial charge in [-0.1, -0.05) is 35.3 Å². The highest BCUT2D eigenvalue weighted by Crippen LogP contribution is 2.27. The van der Waals surface area contributed by atoms with Crippen LogP contribution in [0.5, 0.6) is 0 Å². The topological polar surface area (TPSA) is 90.7 Å². The molecule has 1 aromatic heterocycles. The number of anilines is 3. The Morgan fingerprint density at radius 2 is 1.85 bits per heavy atom. The second-order valence-electron chi connectivity index (χ2n) is 5.15. The maximum atomic E-state index is 12.4. The Balaban J connectivity index is 1.80. The van der Waals surface area contributed by atoms with Crippen molar-refractivity contribution in [2.24, 2.45) is 0 Å². The molecule has 0 aliphatic heterocycles. The normalized spacial score (nSPS) is 10.0. The number of aromatic nitrogens is 2. The van der Waals surface area contributed by atoms with Gasteiger partial charge in [-0.2, -0.15) is 5.26 Å². The second kappa shape index (κ2) is 7.83. The number of nitrogens with one attached hydrogen (secondary N) is 2. The first-order valence-corrected chi connectivity index (χ1v) is 8.17. The summed E-state index contributed by atoms with van der Waals surface area (Å²) in [6.07, 6.45) is 1.26. The van der Waals surface area contributed by atoms with Crippen molar-refractivity contribution in [2.75, 3.05) is 10.6 Å². The van der Waals surface area contributed by atoms with E-state index in [1.807, 2.05) is 6.07 Å². The minimum absolute atomic E-state index is 0.139. The van der Waals surface area contributed by atoms with E-state index in [1.165, 1.54) is 12.4 Å². The minimum atomic E-state index is -0.458. The van der Waals surface area contributed by atoms with Gasteiger partial charge in [0.1, 0.15) is 23.9 Å². The van der Waals surface area contributed by atoms with Crippen LogP contribution in [0.25, 0.3) is 0 Å². The number of halogens is 2. The van der Waals surface area contributed by atoms with Gasteiger partial charge in [0.25, 0.3) is 5.91 Å². The van der Waals surface area contributed by atoms with E-state index in [4.69, 9.17) is 28.5 Å². The Hall–Kier alpha value is -3.14. The van der Waals surface area contributed by atoms with Gasteiger partial charge in [0.05, 0.1) is 22.0 Å². The number of nitriles is 1. The zero-order valence-corrected chi connectivity index (χ0v) is 14.7. The largest absolute Gasteiger partial charge is 0.339 e. The van der Waals surface area contributed by atoms with Gasteiger partial charge in [-0.05, 0) is 30.3 Å². The zero-order valence-electron chi connectivity index (χ0n) is 13.2. The van der Waals surface area contributed by atoms with E-state index in [2.05, 4.69) is 20.6 Å². The molecule has 8 heteroatoms. The highest BCUT2D eigenvalue weighted by molar-refractivity contribution is 6.36. The van der Waals surface area contributed by atoms with E-state index in [0.29, 0.717) is 32.8 Å². The van der Waals surface area contributed by atoms with Crippen LogP contribution in [0.3, 0.4) is 0 Å². The van der Waals surface area contributed by atoms with Crippen molar-refractivity contribution in [2.45, 2.75) is 0 Å². The van der Waals surface area contributed by atoms with E-state index in [0.717, 1.165) is 0 Å². The summed E-state index contributed by atoms with van der Waals surface area (Å²) in [6.45, 7) is 0. The molecule has 6 nitrogen and oxygen atoms in total. The van der Waals surface area contributed by atoms with Gasteiger partial charge in [-0.15, -0.1) is 0 Å². The molecule has 0 aliphatic carbocycles. The predicted octanol–water partition coefficient (Wildman–Crippen LogP) is 4.65. The van der Waals surface area contributed by atoms with Gasteiger partial charge < -0.3 is 10.6 Å². The lowest BCUT2D eigenvalue weighted by atomic mass is 10.2. The van der Waals surface area contributed by atoms with Crippen molar-refractivity contribution < 1.29 is 4.79 Å². The lowest BCUT2D eigenvalue weighted by Gasteiger charge is -2.09. The number of nitrogens with zero attached hydrogens (tertiary/aromatic N) is 3. The summed E-state index contributed by atoms with van der Waals surface area (Å²) >= 11 is 12.0. The first-order valence-electron chi connectivity index (χ1n) is 7.41. The summed E-state index contributed by atoms with van der Waals surface area (Å²) in [6, 6.07) is 15.2. The zero-order chi connectivity index (χ0) is 18.5. The molecular weight excluding hydrogens is 373 g/mol. The highest BCUT2D eigenvalue weighted by Gasteiger charge is 2.12. The van der Waals surface area contributed by atoms with Crippen LogP contribution < -0.4 is 10.6 Å². The summed E-state index contributed by atoms with van der Waals surface area (Å²) < 4.78 is 0. The van der Waals surface area contributed by atoms with Crippen LogP contribution in [0, 0.1) is 11.3 Å². The molecule has 128 valence electrons. The van der Waals surface area contributed by atoms with Gasteiger partial charge in [0, 0.05) is 11.1 Å². The molecule has 0 aliphatic rings. The van der Waals surface area contributed by atoms with Crippen LogP contribution in [-0.2, 0) is 0 Å². The number of hydrogen-bond donors (Lipinski definition) is 2. The number of benzene rings is 2. The predicted molar refractivity (Wildman–Crippen MR) is 101 cm³/mol. The van der Waals surface area contributed by atoms with Crippen molar-refractivity contribution >= 4 is 46.3 Å². The first kappa shape index (κ1) is 17.7. The lowest BCUT2D eigenvalue weighted by Crippen LogP contribution is -2.15. The van der Waals surface area contributed by atoms with E-state index in [1.54, 1.807) is 42.5 Å². The van der Waals surface area contributed by atoms with Crippen LogP contribution in [-0.4, -0.2) is 15.9 Å². The van der Waals surface area contributed by atoms with Crippen LogP contribution in [0.4, 0.5) is 17.2 Å². The summed E-state index contributed by atoms with van der Waals surface area (Å²) in [5.74, 6) is -0.0664. The molecule has 0 spiro atoms. The van der Waals surface area contributed by atoms with Crippen molar-refractivity contribution in [3.8, 4) is 6.07 Å². The van der Waals surface area contributed by atoms with E-state index >= 15 is 0 Å². The van der Waals surface area contributed by atoms with Crippen LogP contribution in [0.15, 0.2) is 54.9 Å². The Labute approximate surface area is 159 Å². The third-order valence-corrected chi connectivity index (χ3v) is 3.94. The van der Waals surface area contributed by atoms with Gasteiger partial charge >= 0.3 is 0 Å². The monoisotopic (exact) mass is 383 g/mol. The summed E-state index contributed by atoms with van der Waals surface area (Å²) in [7, 11) is 0. The van der Waals surface area contributed by atoms with Gasteiger partial charge in [0.2, 0.25) is 0 Å². The average Bonchev–Trinajstić information content (AvgIpc) is 2.65. The maximum absolute atomic E-state index is 12.4. The quantitative estimate of drug-likeness (QED) is 0.683. The lowest BCUT2D eigenvalue weighted by molar-refractivity contribution is 0.102. The fourth-order valence-electron chi connectivity index (χ4n) is 2.15. The molecule has 0 bridgehead atoms. The van der Waals surface area contributed by atoms with Gasteiger partial charge in [-0.25, -0.2) is 9.97 Å². The van der Waals surface area contributed by atoms with Crippen LogP contribution >= 0.6 is 23.2 Å². The summed E-state index contributed by atoms with van der Waals surface area (Å²) in [4.78, 5) is 20.5. The number of carbonyl (C=O) groups excluding carboxylic acids is 1.